The van der Waals surface area contributed by atoms with E-state index in [4.69, 9.17) is 23.2 Å². The van der Waals surface area contributed by atoms with E-state index in [1.165, 1.54) is 6.07 Å². The Bertz CT molecular complexity index is 574. The summed E-state index contributed by atoms with van der Waals surface area (Å²) in [4.78, 5) is 0. The zero-order valence-electron chi connectivity index (χ0n) is 10.8. The van der Waals surface area contributed by atoms with Gasteiger partial charge in [-0.2, -0.15) is 0 Å². The summed E-state index contributed by atoms with van der Waals surface area (Å²) in [6.45, 7) is 0. The highest BCUT2D eigenvalue weighted by molar-refractivity contribution is 6.30. The molecule has 106 valence electrons. The Balaban J connectivity index is 2.31. The smallest absolute Gasteiger partial charge is 0.141 e. The van der Waals surface area contributed by atoms with E-state index in [0.29, 0.717) is 18.7 Å². The molecule has 0 aliphatic rings. The fraction of sp³-hybridized carbons (Fsp3) is 0.250. The van der Waals surface area contributed by atoms with Gasteiger partial charge in [0.15, 0.2) is 0 Å². The van der Waals surface area contributed by atoms with Gasteiger partial charge in [-0.3, -0.25) is 0 Å². The first-order valence-corrected chi connectivity index (χ1v) is 7.24. The number of halogens is 3. The molecule has 0 fully saturated rings. The van der Waals surface area contributed by atoms with Gasteiger partial charge in [0.1, 0.15) is 5.82 Å². The van der Waals surface area contributed by atoms with Gasteiger partial charge in [-0.05, 0) is 29.7 Å². The molecule has 4 heteroatoms. The highest BCUT2D eigenvalue weighted by atomic mass is 35.5. The van der Waals surface area contributed by atoms with E-state index >= 15 is 0 Å². The number of rotatable bonds is 5. The topological polar surface area (TPSA) is 20.2 Å². The Morgan fingerprint density at radius 1 is 1.10 bits per heavy atom. The molecule has 0 radical (unpaired) electrons. The molecule has 0 aliphatic heterocycles. The first kappa shape index (κ1) is 15.3. The Morgan fingerprint density at radius 2 is 1.80 bits per heavy atom. The van der Waals surface area contributed by atoms with Crippen LogP contribution < -0.4 is 0 Å². The zero-order valence-corrected chi connectivity index (χ0v) is 12.3. The minimum Gasteiger partial charge on any atom is -0.385 e. The molecule has 0 bridgehead atoms. The molecule has 0 saturated carbocycles. The van der Waals surface area contributed by atoms with Crippen LogP contribution in [0, 0.1) is 5.82 Å². The predicted octanol–water partition coefficient (Wildman–Crippen LogP) is 4.54. The summed E-state index contributed by atoms with van der Waals surface area (Å²) in [5.74, 6) is -0.128. The third kappa shape index (κ3) is 3.51. The molecular weight excluding hydrogens is 298 g/mol. The van der Waals surface area contributed by atoms with Gasteiger partial charge in [-0.25, -0.2) is 4.39 Å². The number of alkyl halides is 1. The van der Waals surface area contributed by atoms with E-state index in [1.54, 1.807) is 12.1 Å². The van der Waals surface area contributed by atoms with Crippen molar-refractivity contribution < 1.29 is 9.50 Å². The lowest BCUT2D eigenvalue weighted by Crippen LogP contribution is -2.29. The molecule has 0 saturated heterocycles. The molecule has 2 aromatic rings. The molecule has 20 heavy (non-hydrogen) atoms. The van der Waals surface area contributed by atoms with Crippen molar-refractivity contribution in [2.45, 2.75) is 18.4 Å². The maximum atomic E-state index is 13.2. The lowest BCUT2D eigenvalue weighted by atomic mass is 9.85. The van der Waals surface area contributed by atoms with Crippen molar-refractivity contribution in [2.24, 2.45) is 0 Å². The number of hydrogen-bond acceptors (Lipinski definition) is 1. The highest BCUT2D eigenvalue weighted by Crippen LogP contribution is 2.31. The Labute approximate surface area is 128 Å². The summed E-state index contributed by atoms with van der Waals surface area (Å²) in [5, 5.41) is 10.9. The molecule has 1 atom stereocenters. The third-order valence-electron chi connectivity index (χ3n) is 3.30. The van der Waals surface area contributed by atoms with Gasteiger partial charge < -0.3 is 5.11 Å². The van der Waals surface area contributed by atoms with E-state index in [2.05, 4.69) is 0 Å². The van der Waals surface area contributed by atoms with Crippen molar-refractivity contribution in [2.75, 3.05) is 5.88 Å². The van der Waals surface area contributed by atoms with E-state index in [1.807, 2.05) is 30.3 Å². The second kappa shape index (κ2) is 6.57. The first-order valence-electron chi connectivity index (χ1n) is 6.33. The highest BCUT2D eigenvalue weighted by Gasteiger charge is 2.29. The maximum absolute atomic E-state index is 13.2. The van der Waals surface area contributed by atoms with Crippen LogP contribution in [-0.4, -0.2) is 11.0 Å². The van der Waals surface area contributed by atoms with Crippen LogP contribution in [0.5, 0.6) is 0 Å². The van der Waals surface area contributed by atoms with Gasteiger partial charge in [-0.15, -0.1) is 11.6 Å². The fourth-order valence-electron chi connectivity index (χ4n) is 2.23. The largest absolute Gasteiger partial charge is 0.385 e. The Morgan fingerprint density at radius 3 is 2.40 bits per heavy atom. The summed E-state index contributed by atoms with van der Waals surface area (Å²) in [6, 6.07) is 13.8. The lowest BCUT2D eigenvalue weighted by molar-refractivity contribution is 0.0336. The van der Waals surface area contributed by atoms with Crippen LogP contribution in [0.2, 0.25) is 5.02 Å². The van der Waals surface area contributed by atoms with E-state index in [0.717, 1.165) is 11.1 Å². The molecule has 0 aromatic heterocycles. The van der Waals surface area contributed by atoms with E-state index in [9.17, 15) is 9.50 Å². The Kier molecular flexibility index (Phi) is 5.03. The number of benzene rings is 2. The quantitative estimate of drug-likeness (QED) is 0.804. The summed E-state index contributed by atoms with van der Waals surface area (Å²) in [6.07, 6.45) is 0.747. The molecule has 2 aromatic carbocycles. The maximum Gasteiger partial charge on any atom is 0.141 e. The Hall–Kier alpha value is -1.09. The molecule has 0 aliphatic carbocycles. The molecule has 2 rings (SSSR count). The molecule has 0 spiro atoms. The van der Waals surface area contributed by atoms with Crippen molar-refractivity contribution in [3.63, 3.8) is 0 Å². The molecule has 1 nitrogen and oxygen atoms in total. The summed E-state index contributed by atoms with van der Waals surface area (Å²) >= 11 is 11.6. The van der Waals surface area contributed by atoms with Crippen molar-refractivity contribution in [3.05, 3.63) is 70.5 Å². The van der Waals surface area contributed by atoms with Crippen molar-refractivity contribution in [3.8, 4) is 0 Å². The second-order valence-corrected chi connectivity index (χ2v) is 5.55. The van der Waals surface area contributed by atoms with Crippen LogP contribution in [0.1, 0.15) is 17.5 Å². The first-order chi connectivity index (χ1) is 9.55. The van der Waals surface area contributed by atoms with E-state index in [-0.39, 0.29) is 5.02 Å². The van der Waals surface area contributed by atoms with Gasteiger partial charge in [-0.1, -0.05) is 48.0 Å². The molecule has 0 amide bonds. The second-order valence-electron chi connectivity index (χ2n) is 4.76. The average molecular weight is 313 g/mol. The van der Waals surface area contributed by atoms with Gasteiger partial charge in [0.05, 0.1) is 10.6 Å². The average Bonchev–Trinajstić information content (AvgIpc) is 2.44. The van der Waals surface area contributed by atoms with Crippen LogP contribution in [0.25, 0.3) is 0 Å². The van der Waals surface area contributed by atoms with Crippen molar-refractivity contribution >= 4 is 23.2 Å². The SMILES string of the molecule is OC(CCCl)(Cc1ccc(F)c(Cl)c1)c1ccccc1. The van der Waals surface area contributed by atoms with Gasteiger partial charge in [0.2, 0.25) is 0 Å². The molecule has 1 unspecified atom stereocenters. The van der Waals surface area contributed by atoms with Crippen LogP contribution in [-0.2, 0) is 12.0 Å². The van der Waals surface area contributed by atoms with Gasteiger partial charge >= 0.3 is 0 Å². The minimum absolute atomic E-state index is 0.0591. The normalized spacial score (nSPS) is 14.0. The standard InChI is InChI=1S/C16H15Cl2FO/c17-9-8-16(20,13-4-2-1-3-5-13)11-12-6-7-15(19)14(18)10-12/h1-7,10,20H,8-9,11H2. The minimum atomic E-state index is -1.08. The number of hydrogen-bond donors (Lipinski definition) is 1. The summed E-state index contributed by atoms with van der Waals surface area (Å²) in [7, 11) is 0. The van der Waals surface area contributed by atoms with Gasteiger partial charge in [0.25, 0.3) is 0 Å². The monoisotopic (exact) mass is 312 g/mol. The van der Waals surface area contributed by atoms with Crippen LogP contribution >= 0.6 is 23.2 Å². The molecular formula is C16H15Cl2FO. The third-order valence-corrected chi connectivity index (χ3v) is 3.78. The van der Waals surface area contributed by atoms with Crippen molar-refractivity contribution in [1.29, 1.82) is 0 Å². The van der Waals surface area contributed by atoms with Gasteiger partial charge in [0, 0.05) is 12.3 Å². The van der Waals surface area contributed by atoms with Crippen LogP contribution in [0.3, 0.4) is 0 Å². The summed E-state index contributed by atoms with van der Waals surface area (Å²) < 4.78 is 13.2. The van der Waals surface area contributed by atoms with Crippen LogP contribution in [0.4, 0.5) is 4.39 Å². The van der Waals surface area contributed by atoms with E-state index < -0.39 is 11.4 Å². The zero-order chi connectivity index (χ0) is 14.6. The molecule has 1 N–H and O–H groups in total. The van der Waals surface area contributed by atoms with Crippen molar-refractivity contribution in [1.82, 2.24) is 0 Å². The fourth-order valence-corrected chi connectivity index (χ4v) is 2.74. The number of aliphatic hydroxyl groups is 1. The summed E-state index contributed by atoms with van der Waals surface area (Å²) in [5.41, 5.74) is 0.485. The van der Waals surface area contributed by atoms with Crippen LogP contribution in [0.15, 0.2) is 48.5 Å². The molecule has 0 heterocycles. The predicted molar refractivity (Wildman–Crippen MR) is 80.8 cm³/mol. The lowest BCUT2D eigenvalue weighted by Gasteiger charge is -2.28.